The van der Waals surface area contributed by atoms with E-state index in [1.807, 2.05) is 24.0 Å². The average Bonchev–Trinajstić information content (AvgIpc) is 2.71. The van der Waals surface area contributed by atoms with Crippen LogP contribution in [-0.2, 0) is 7.05 Å². The molecule has 4 nitrogen and oxygen atoms in total. The lowest BCUT2D eigenvalue weighted by Crippen LogP contribution is -2.24. The van der Waals surface area contributed by atoms with E-state index < -0.39 is 0 Å². The van der Waals surface area contributed by atoms with E-state index in [9.17, 15) is 0 Å². The number of fused-ring (bicyclic) bond motifs is 1. The number of hydrogen-bond acceptors (Lipinski definition) is 3. The van der Waals surface area contributed by atoms with Crippen molar-refractivity contribution >= 4 is 0 Å². The largest absolute Gasteiger partial charge is 0.485 e. The number of aromatic nitrogens is 2. The number of benzene rings is 1. The van der Waals surface area contributed by atoms with Crippen LogP contribution in [0, 0.1) is 13.8 Å². The normalized spacial score (nSPS) is 21.9. The van der Waals surface area contributed by atoms with Crippen molar-refractivity contribution in [2.24, 2.45) is 12.8 Å². The Hall–Kier alpha value is -1.81. The first-order valence-electron chi connectivity index (χ1n) is 6.57. The second-order valence-corrected chi connectivity index (χ2v) is 5.30. The molecule has 19 heavy (non-hydrogen) atoms. The van der Waals surface area contributed by atoms with Gasteiger partial charge in [0.1, 0.15) is 11.9 Å². The molecule has 4 heteroatoms. The van der Waals surface area contributed by atoms with E-state index in [0.29, 0.717) is 0 Å². The van der Waals surface area contributed by atoms with Gasteiger partial charge in [-0.25, -0.2) is 0 Å². The third-order valence-corrected chi connectivity index (χ3v) is 3.92. The van der Waals surface area contributed by atoms with Crippen molar-refractivity contribution < 1.29 is 4.74 Å². The molecule has 0 fully saturated rings. The zero-order valence-corrected chi connectivity index (χ0v) is 11.6. The van der Waals surface area contributed by atoms with Gasteiger partial charge in [-0.2, -0.15) is 5.10 Å². The van der Waals surface area contributed by atoms with Crippen molar-refractivity contribution in [3.63, 3.8) is 0 Å². The lowest BCUT2D eigenvalue weighted by Gasteiger charge is -2.30. The maximum Gasteiger partial charge on any atom is 0.129 e. The molecular weight excluding hydrogens is 238 g/mol. The molecule has 2 atom stereocenters. The van der Waals surface area contributed by atoms with Crippen molar-refractivity contribution in [3.8, 4) is 5.75 Å². The highest BCUT2D eigenvalue weighted by Crippen LogP contribution is 2.40. The number of aryl methyl sites for hydroxylation is 2. The van der Waals surface area contributed by atoms with E-state index in [4.69, 9.17) is 10.5 Å². The number of nitrogens with zero attached hydrogens (tertiary/aromatic N) is 2. The second kappa shape index (κ2) is 4.38. The summed E-state index contributed by atoms with van der Waals surface area (Å²) in [6, 6.07) is 6.21. The van der Waals surface area contributed by atoms with E-state index in [0.717, 1.165) is 29.0 Å². The standard InChI is InChI=1S/C15H19N3O/c1-9-4-5-14-11(6-9)13(16)7-15(19-14)12-8-17-18(3)10(12)2/h4-6,8,13,15H,7,16H2,1-3H3/t13-,15?/m0/s1. The lowest BCUT2D eigenvalue weighted by molar-refractivity contribution is 0.160. The van der Waals surface area contributed by atoms with Gasteiger partial charge in [-0.05, 0) is 19.9 Å². The summed E-state index contributed by atoms with van der Waals surface area (Å²) in [4.78, 5) is 0. The number of rotatable bonds is 1. The zero-order valence-electron chi connectivity index (χ0n) is 11.6. The van der Waals surface area contributed by atoms with Gasteiger partial charge in [-0.1, -0.05) is 17.7 Å². The molecule has 1 unspecified atom stereocenters. The van der Waals surface area contributed by atoms with E-state index >= 15 is 0 Å². The highest BCUT2D eigenvalue weighted by molar-refractivity contribution is 5.41. The first kappa shape index (κ1) is 12.2. The molecule has 3 rings (SSSR count). The molecule has 2 N–H and O–H groups in total. The van der Waals surface area contributed by atoms with Crippen molar-refractivity contribution in [3.05, 3.63) is 46.8 Å². The molecule has 0 radical (unpaired) electrons. The minimum Gasteiger partial charge on any atom is -0.485 e. The van der Waals surface area contributed by atoms with E-state index in [1.54, 1.807) is 0 Å². The van der Waals surface area contributed by atoms with Gasteiger partial charge in [0, 0.05) is 36.3 Å². The van der Waals surface area contributed by atoms with Gasteiger partial charge in [-0.15, -0.1) is 0 Å². The predicted molar refractivity (Wildman–Crippen MR) is 74.0 cm³/mol. The SMILES string of the molecule is Cc1ccc2c(c1)[C@@H](N)CC(c1cnn(C)c1C)O2. The van der Waals surface area contributed by atoms with Crippen LogP contribution in [0.4, 0.5) is 0 Å². The Morgan fingerprint density at radius 2 is 2.11 bits per heavy atom. The summed E-state index contributed by atoms with van der Waals surface area (Å²) in [7, 11) is 1.94. The van der Waals surface area contributed by atoms with Gasteiger partial charge in [0.2, 0.25) is 0 Å². The molecule has 0 saturated heterocycles. The third kappa shape index (κ3) is 2.02. The van der Waals surface area contributed by atoms with E-state index in [-0.39, 0.29) is 12.1 Å². The maximum absolute atomic E-state index is 6.29. The molecule has 1 aromatic heterocycles. The number of nitrogens with two attached hydrogens (primary N) is 1. The zero-order chi connectivity index (χ0) is 13.6. The van der Waals surface area contributed by atoms with Crippen LogP contribution in [0.5, 0.6) is 5.75 Å². The van der Waals surface area contributed by atoms with Crippen LogP contribution < -0.4 is 10.5 Å². The van der Waals surface area contributed by atoms with Gasteiger partial charge in [0.15, 0.2) is 0 Å². The topological polar surface area (TPSA) is 53.1 Å². The summed E-state index contributed by atoms with van der Waals surface area (Å²) in [5.74, 6) is 0.901. The Labute approximate surface area is 113 Å². The molecule has 0 amide bonds. The molecule has 1 aliphatic rings. The minimum absolute atomic E-state index is 0.00101. The third-order valence-electron chi connectivity index (χ3n) is 3.92. The van der Waals surface area contributed by atoms with Crippen LogP contribution in [0.3, 0.4) is 0 Å². The highest BCUT2D eigenvalue weighted by atomic mass is 16.5. The Balaban J connectivity index is 1.97. The summed E-state index contributed by atoms with van der Waals surface area (Å²) in [5.41, 5.74) is 10.9. The fourth-order valence-electron chi connectivity index (χ4n) is 2.65. The molecule has 100 valence electrons. The van der Waals surface area contributed by atoms with Crippen LogP contribution in [0.2, 0.25) is 0 Å². The Morgan fingerprint density at radius 3 is 2.79 bits per heavy atom. The maximum atomic E-state index is 6.29. The molecule has 0 saturated carbocycles. The van der Waals surface area contributed by atoms with Gasteiger partial charge >= 0.3 is 0 Å². The van der Waals surface area contributed by atoms with Gasteiger partial charge < -0.3 is 10.5 Å². The fourth-order valence-corrected chi connectivity index (χ4v) is 2.65. The van der Waals surface area contributed by atoms with Crippen molar-refractivity contribution in [1.82, 2.24) is 9.78 Å². The molecule has 0 aliphatic carbocycles. The Kier molecular flexibility index (Phi) is 2.82. The van der Waals surface area contributed by atoms with Crippen LogP contribution in [0.25, 0.3) is 0 Å². The summed E-state index contributed by atoms with van der Waals surface area (Å²) >= 11 is 0. The first-order valence-corrected chi connectivity index (χ1v) is 6.57. The quantitative estimate of drug-likeness (QED) is 0.854. The highest BCUT2D eigenvalue weighted by Gasteiger charge is 2.29. The van der Waals surface area contributed by atoms with Gasteiger partial charge in [0.05, 0.1) is 6.20 Å². The van der Waals surface area contributed by atoms with Crippen molar-refractivity contribution in [1.29, 1.82) is 0 Å². The fraction of sp³-hybridized carbons (Fsp3) is 0.400. The summed E-state index contributed by atoms with van der Waals surface area (Å²) in [6.07, 6.45) is 2.67. The number of ether oxygens (including phenoxy) is 1. The van der Waals surface area contributed by atoms with E-state index in [1.165, 1.54) is 5.56 Å². The second-order valence-electron chi connectivity index (χ2n) is 5.30. The van der Waals surface area contributed by atoms with Gasteiger partial charge in [-0.3, -0.25) is 4.68 Å². The smallest absolute Gasteiger partial charge is 0.129 e. The van der Waals surface area contributed by atoms with Crippen LogP contribution in [-0.4, -0.2) is 9.78 Å². The van der Waals surface area contributed by atoms with Crippen LogP contribution in [0.15, 0.2) is 24.4 Å². The Bertz CT molecular complexity index is 618. The number of hydrogen-bond donors (Lipinski definition) is 1. The summed E-state index contributed by atoms with van der Waals surface area (Å²) in [6.45, 7) is 4.13. The minimum atomic E-state index is -0.00101. The average molecular weight is 257 g/mol. The van der Waals surface area contributed by atoms with Gasteiger partial charge in [0.25, 0.3) is 0 Å². The molecule has 2 aromatic rings. The van der Waals surface area contributed by atoms with Crippen molar-refractivity contribution in [2.45, 2.75) is 32.4 Å². The molecular formula is C15H19N3O. The van der Waals surface area contributed by atoms with E-state index in [2.05, 4.69) is 31.1 Å². The predicted octanol–water partition coefficient (Wildman–Crippen LogP) is 2.56. The van der Waals surface area contributed by atoms with Crippen molar-refractivity contribution in [2.75, 3.05) is 0 Å². The van der Waals surface area contributed by atoms with Crippen LogP contribution >= 0.6 is 0 Å². The molecule has 0 bridgehead atoms. The molecule has 0 spiro atoms. The van der Waals surface area contributed by atoms with Crippen LogP contribution in [0.1, 0.15) is 41.0 Å². The Morgan fingerprint density at radius 1 is 1.32 bits per heavy atom. The molecule has 1 aromatic carbocycles. The molecule has 2 heterocycles. The summed E-state index contributed by atoms with van der Waals surface area (Å²) in [5, 5.41) is 4.28. The summed E-state index contributed by atoms with van der Waals surface area (Å²) < 4.78 is 7.97. The first-order chi connectivity index (χ1) is 9.06. The lowest BCUT2D eigenvalue weighted by atomic mass is 9.93. The monoisotopic (exact) mass is 257 g/mol. The molecule has 1 aliphatic heterocycles.